The first kappa shape index (κ1) is 36.4. The lowest BCUT2D eigenvalue weighted by Crippen LogP contribution is -2.43. The highest BCUT2D eigenvalue weighted by molar-refractivity contribution is 7.13. The molecule has 0 aromatic carbocycles. The maximum Gasteiger partial charge on any atom is 0.348 e. The Bertz CT molecular complexity index is 1040. The van der Waals surface area contributed by atoms with Crippen LogP contribution in [-0.4, -0.2) is 57.7 Å². The summed E-state index contributed by atoms with van der Waals surface area (Å²) in [7, 11) is -0.368. The van der Waals surface area contributed by atoms with Crippen molar-refractivity contribution in [2.24, 2.45) is 11.8 Å². The number of ketones is 1. The lowest BCUT2D eigenvalue weighted by molar-refractivity contribution is -0.192. The van der Waals surface area contributed by atoms with Crippen LogP contribution in [0.5, 0.6) is 0 Å². The highest BCUT2D eigenvalue weighted by Crippen LogP contribution is 2.43. The minimum atomic E-state index is -1.78. The highest BCUT2D eigenvalue weighted by atomic mass is 35.5. The minimum Gasteiger partial charge on any atom is -0.465 e. The fourth-order valence-electron chi connectivity index (χ4n) is 5.88. The van der Waals surface area contributed by atoms with Crippen LogP contribution in [-0.2, 0) is 29.9 Å². The summed E-state index contributed by atoms with van der Waals surface area (Å²) in [6.45, 7) is 14.3. The van der Waals surface area contributed by atoms with Crippen LogP contribution in [0.2, 0.25) is 18.1 Å². The molecule has 6 atom stereocenters. The summed E-state index contributed by atoms with van der Waals surface area (Å²) < 4.78 is 23.7. The van der Waals surface area contributed by atoms with Gasteiger partial charge in [-0.1, -0.05) is 33.3 Å². The molecule has 9 heteroatoms. The number of ether oxygens (including phenoxy) is 3. The number of carbonyl (C=O) groups is 2. The number of alkyl halides is 1. The van der Waals surface area contributed by atoms with Gasteiger partial charge in [0.15, 0.2) is 20.4 Å². The number of carbonyl (C=O) groups excluding carboxylic acids is 2. The number of rotatable bonds is 16. The SMILES string of the molecule is COC(=O)c1ccc(CCC[C@@H]2[C@@H](/C=C/C(=O)CCCC[C@@H](C)O[Si](C)(C)C(C)(C)C)[C@H](OC3CCCCO3)C[C@H]2Cl)s1. The molecule has 1 unspecified atom stereocenters. The van der Waals surface area contributed by atoms with Gasteiger partial charge in [0.05, 0.1) is 13.2 Å². The van der Waals surface area contributed by atoms with Crippen LogP contribution >= 0.6 is 22.9 Å². The fourth-order valence-corrected chi connectivity index (χ4v) is 8.79. The summed E-state index contributed by atoms with van der Waals surface area (Å²) in [5, 5.41) is 0.180. The molecule has 0 radical (unpaired) electrons. The third-order valence-electron chi connectivity index (χ3n) is 9.41. The van der Waals surface area contributed by atoms with Gasteiger partial charge in [-0.2, -0.15) is 0 Å². The van der Waals surface area contributed by atoms with Crippen molar-refractivity contribution in [2.75, 3.05) is 13.7 Å². The van der Waals surface area contributed by atoms with E-state index in [9.17, 15) is 9.59 Å². The molecule has 2 fully saturated rings. The highest BCUT2D eigenvalue weighted by Gasteiger charge is 2.43. The zero-order chi connectivity index (χ0) is 31.6. The van der Waals surface area contributed by atoms with Gasteiger partial charge in [-0.05, 0) is 107 Å². The van der Waals surface area contributed by atoms with Crippen molar-refractivity contribution in [1.29, 1.82) is 0 Å². The summed E-state index contributed by atoms with van der Waals surface area (Å²) in [5.74, 6) is 0.162. The van der Waals surface area contributed by atoms with Gasteiger partial charge in [0.25, 0.3) is 0 Å². The van der Waals surface area contributed by atoms with E-state index in [0.717, 1.165) is 70.8 Å². The van der Waals surface area contributed by atoms with Gasteiger partial charge in [-0.25, -0.2) is 4.79 Å². The zero-order valence-corrected chi connectivity index (χ0v) is 30.1. The largest absolute Gasteiger partial charge is 0.465 e. The van der Waals surface area contributed by atoms with Crippen LogP contribution in [0, 0.1) is 11.8 Å². The summed E-state index contributed by atoms with van der Waals surface area (Å²) in [6, 6.07) is 3.84. The maximum absolute atomic E-state index is 12.9. The Morgan fingerprint density at radius 2 is 1.95 bits per heavy atom. The molecule has 43 heavy (non-hydrogen) atoms. The molecule has 1 saturated carbocycles. The average Bonchev–Trinajstić information content (AvgIpc) is 3.53. The van der Waals surface area contributed by atoms with Gasteiger partial charge in [-0.15, -0.1) is 22.9 Å². The average molecular weight is 655 g/mol. The van der Waals surface area contributed by atoms with E-state index in [1.54, 1.807) is 6.08 Å². The second-order valence-corrected chi connectivity index (χ2v) is 20.4. The number of esters is 1. The van der Waals surface area contributed by atoms with Crippen LogP contribution in [0.1, 0.15) is 106 Å². The first-order valence-corrected chi connectivity index (χ1v) is 20.4. The molecule has 1 aliphatic carbocycles. The predicted octanol–water partition coefficient (Wildman–Crippen LogP) is 9.11. The lowest BCUT2D eigenvalue weighted by Gasteiger charge is -2.38. The number of aryl methyl sites for hydroxylation is 1. The molecule has 3 rings (SSSR count). The first-order chi connectivity index (χ1) is 20.3. The van der Waals surface area contributed by atoms with Crippen molar-refractivity contribution in [1.82, 2.24) is 0 Å². The summed E-state index contributed by atoms with van der Waals surface area (Å²) in [5.41, 5.74) is 0. The molecule has 0 bridgehead atoms. The van der Waals surface area contributed by atoms with E-state index >= 15 is 0 Å². The molecule has 6 nitrogen and oxygen atoms in total. The van der Waals surface area contributed by atoms with Crippen LogP contribution in [0.15, 0.2) is 24.3 Å². The van der Waals surface area contributed by atoms with E-state index in [0.29, 0.717) is 11.3 Å². The Labute approximate surface area is 270 Å². The van der Waals surface area contributed by atoms with E-state index in [-0.39, 0.29) is 52.5 Å². The molecule has 1 aromatic heterocycles. The Hall–Kier alpha value is -1.03. The molecular weight excluding hydrogens is 600 g/mol. The van der Waals surface area contributed by atoms with Gasteiger partial charge < -0.3 is 18.6 Å². The third kappa shape index (κ3) is 11.4. The molecule has 2 aliphatic rings. The minimum absolute atomic E-state index is 0.0188. The van der Waals surface area contributed by atoms with E-state index in [2.05, 4.69) is 46.9 Å². The first-order valence-electron chi connectivity index (χ1n) is 16.3. The van der Waals surface area contributed by atoms with Crippen molar-refractivity contribution >= 4 is 43.0 Å². The van der Waals surface area contributed by atoms with E-state index in [1.807, 2.05) is 12.1 Å². The van der Waals surface area contributed by atoms with Gasteiger partial charge in [0.1, 0.15) is 4.88 Å². The second kappa shape index (κ2) is 17.0. The molecule has 0 spiro atoms. The molecule has 0 amide bonds. The van der Waals surface area contributed by atoms with E-state index in [4.69, 9.17) is 30.2 Å². The smallest absolute Gasteiger partial charge is 0.348 e. The Morgan fingerprint density at radius 3 is 2.63 bits per heavy atom. The number of halogens is 1. The molecule has 1 saturated heterocycles. The van der Waals surface area contributed by atoms with Crippen molar-refractivity contribution in [2.45, 2.75) is 140 Å². The quantitative estimate of drug-likeness (QED) is 0.0582. The van der Waals surface area contributed by atoms with E-state index < -0.39 is 8.32 Å². The summed E-state index contributed by atoms with van der Waals surface area (Å²) in [6.07, 6.45) is 13.8. The number of unbranched alkanes of at least 4 members (excludes halogenated alkanes) is 1. The van der Waals surface area contributed by atoms with Crippen LogP contribution in [0.25, 0.3) is 0 Å². The van der Waals surface area contributed by atoms with Crippen LogP contribution < -0.4 is 0 Å². The number of hydrogen-bond acceptors (Lipinski definition) is 7. The van der Waals surface area contributed by atoms with Crippen molar-refractivity contribution in [3.05, 3.63) is 34.0 Å². The van der Waals surface area contributed by atoms with Gasteiger partial charge in [-0.3, -0.25) is 4.79 Å². The van der Waals surface area contributed by atoms with Gasteiger partial charge in [0.2, 0.25) is 0 Å². The lowest BCUT2D eigenvalue weighted by atomic mass is 9.89. The van der Waals surface area contributed by atoms with E-state index in [1.165, 1.54) is 23.3 Å². The number of methoxy groups -OCH3 is 1. The van der Waals surface area contributed by atoms with Gasteiger partial charge in [0, 0.05) is 35.3 Å². The van der Waals surface area contributed by atoms with Crippen molar-refractivity contribution in [3.63, 3.8) is 0 Å². The molecular formula is C34H55ClO6SSi. The van der Waals surface area contributed by atoms with Crippen molar-refractivity contribution < 1.29 is 28.2 Å². The molecule has 0 N–H and O–H groups in total. The van der Waals surface area contributed by atoms with Gasteiger partial charge >= 0.3 is 5.97 Å². The topological polar surface area (TPSA) is 71.1 Å². The molecule has 2 heterocycles. The normalized spacial score (nSPS) is 25.7. The Balaban J connectivity index is 1.54. The Morgan fingerprint density at radius 1 is 1.19 bits per heavy atom. The second-order valence-electron chi connectivity index (χ2n) is 13.9. The molecule has 1 aliphatic heterocycles. The zero-order valence-electron chi connectivity index (χ0n) is 27.5. The monoisotopic (exact) mass is 654 g/mol. The van der Waals surface area contributed by atoms with Crippen LogP contribution in [0.3, 0.4) is 0 Å². The Kier molecular flexibility index (Phi) is 14.4. The summed E-state index contributed by atoms with van der Waals surface area (Å²) in [4.78, 5) is 26.5. The standard InChI is InChI=1S/C34H55ClO6SSi/c1-24(41-43(6,7)34(2,3)4)13-8-9-14-25(36)18-20-28-27(16-12-15-26-19-21-31(42-26)33(37)38-5)29(35)23-30(28)40-32-17-10-11-22-39-32/h18-21,24,27-30,32H,8-17,22-23H2,1-7H3/b20-18+/t24-,27-,28-,29-,30-,32?/m1/s1. The van der Waals surface area contributed by atoms with Crippen molar-refractivity contribution in [3.8, 4) is 0 Å². The molecule has 1 aromatic rings. The maximum atomic E-state index is 12.9. The molecule has 244 valence electrons. The number of allylic oxidation sites excluding steroid dienone is 1. The number of hydrogen-bond donors (Lipinski definition) is 0. The predicted molar refractivity (Wildman–Crippen MR) is 179 cm³/mol. The fraction of sp³-hybridized carbons (Fsp3) is 0.765. The van der Waals surface area contributed by atoms with Crippen LogP contribution in [0.4, 0.5) is 0 Å². The summed E-state index contributed by atoms with van der Waals surface area (Å²) >= 11 is 8.43. The number of thiophene rings is 1. The third-order valence-corrected chi connectivity index (χ3v) is 15.6.